The van der Waals surface area contributed by atoms with Crippen molar-refractivity contribution in [3.05, 3.63) is 35.4 Å². The van der Waals surface area contributed by atoms with Gasteiger partial charge in [-0.2, -0.15) is 13.2 Å². The van der Waals surface area contributed by atoms with Crippen LogP contribution in [-0.2, 0) is 11.6 Å². The Morgan fingerprint density at radius 3 is 2.22 bits per heavy atom. The van der Waals surface area contributed by atoms with Gasteiger partial charge in [-0.15, -0.1) is 0 Å². The second kappa shape index (κ2) is 5.78. The Kier molecular flexibility index (Phi) is 4.21. The molecule has 128 valence electrons. The minimum Gasteiger partial charge on any atom is -0.389 e. The van der Waals surface area contributed by atoms with Gasteiger partial charge < -0.3 is 10.0 Å². The smallest absolute Gasteiger partial charge is 0.389 e. The van der Waals surface area contributed by atoms with E-state index in [-0.39, 0.29) is 0 Å². The lowest BCUT2D eigenvalue weighted by molar-refractivity contribution is -0.137. The molecule has 0 spiro atoms. The number of nitrogens with zero attached hydrogens (tertiary/aromatic N) is 1. The van der Waals surface area contributed by atoms with Crippen LogP contribution in [0.3, 0.4) is 0 Å². The zero-order valence-electron chi connectivity index (χ0n) is 13.5. The van der Waals surface area contributed by atoms with Crippen molar-refractivity contribution in [3.8, 4) is 0 Å². The molecule has 1 aromatic rings. The van der Waals surface area contributed by atoms with E-state index < -0.39 is 22.8 Å². The van der Waals surface area contributed by atoms with Gasteiger partial charge in [0, 0.05) is 5.41 Å². The number of alkyl halides is 3. The summed E-state index contributed by atoms with van der Waals surface area (Å²) in [7, 11) is 2.02. The van der Waals surface area contributed by atoms with E-state index in [0.29, 0.717) is 31.2 Å². The van der Waals surface area contributed by atoms with E-state index in [1.54, 1.807) is 6.07 Å². The fourth-order valence-electron chi connectivity index (χ4n) is 4.45. The summed E-state index contributed by atoms with van der Waals surface area (Å²) < 4.78 is 39.4. The Hall–Kier alpha value is -1.07. The molecule has 1 aliphatic carbocycles. The Bertz CT molecular complexity index is 556. The number of aliphatic hydroxyl groups is 1. The fraction of sp³-hybridized carbons (Fsp3) is 0.667. The third kappa shape index (κ3) is 2.89. The van der Waals surface area contributed by atoms with Crippen LogP contribution < -0.4 is 0 Å². The summed E-state index contributed by atoms with van der Waals surface area (Å²) in [5.41, 5.74) is -1.39. The molecule has 0 radical (unpaired) electrons. The molecule has 23 heavy (non-hydrogen) atoms. The summed E-state index contributed by atoms with van der Waals surface area (Å²) in [6.45, 7) is 1.61. The van der Waals surface area contributed by atoms with Crippen LogP contribution in [0.1, 0.15) is 49.7 Å². The van der Waals surface area contributed by atoms with E-state index >= 15 is 0 Å². The number of halogens is 3. The first-order valence-electron chi connectivity index (χ1n) is 8.36. The Morgan fingerprint density at radius 2 is 1.65 bits per heavy atom. The maximum Gasteiger partial charge on any atom is 0.416 e. The van der Waals surface area contributed by atoms with E-state index in [1.165, 1.54) is 12.1 Å². The number of hydrogen-bond donors (Lipinski definition) is 1. The molecule has 0 aromatic heterocycles. The van der Waals surface area contributed by atoms with Crippen molar-refractivity contribution in [2.45, 2.75) is 55.7 Å². The first-order chi connectivity index (χ1) is 10.8. The molecule has 2 fully saturated rings. The van der Waals surface area contributed by atoms with Gasteiger partial charge in [0.1, 0.15) is 0 Å². The molecule has 1 saturated carbocycles. The molecule has 3 rings (SSSR count). The molecule has 0 atom stereocenters. The van der Waals surface area contributed by atoms with Crippen LogP contribution in [0.25, 0.3) is 0 Å². The number of rotatable bonds is 2. The first kappa shape index (κ1) is 16.8. The van der Waals surface area contributed by atoms with Gasteiger partial charge >= 0.3 is 6.18 Å². The van der Waals surface area contributed by atoms with Crippen LogP contribution in [0.4, 0.5) is 13.2 Å². The number of benzene rings is 1. The van der Waals surface area contributed by atoms with Gasteiger partial charge in [0.15, 0.2) is 0 Å². The SMILES string of the molecule is CN1CCC(c2cccc(C(F)(F)F)c2)(C2(O)CCCC2)CC1. The molecule has 0 bridgehead atoms. The molecular formula is C18H24F3NO. The molecule has 1 aromatic carbocycles. The second-order valence-corrected chi connectivity index (χ2v) is 7.20. The van der Waals surface area contributed by atoms with E-state index in [4.69, 9.17) is 0 Å². The highest BCUT2D eigenvalue weighted by atomic mass is 19.4. The highest BCUT2D eigenvalue weighted by Crippen LogP contribution is 2.52. The van der Waals surface area contributed by atoms with Crippen LogP contribution in [0, 0.1) is 0 Å². The van der Waals surface area contributed by atoms with Crippen molar-refractivity contribution in [3.63, 3.8) is 0 Å². The molecule has 1 N–H and O–H groups in total. The maximum atomic E-state index is 13.1. The van der Waals surface area contributed by atoms with E-state index in [1.807, 2.05) is 7.05 Å². The molecule has 0 unspecified atom stereocenters. The standard InChI is InChI=1S/C18H24F3NO/c1-22-11-9-16(10-12-22,17(23)7-2-3-8-17)14-5-4-6-15(13-14)18(19,20)21/h4-6,13,23H,2-3,7-12H2,1H3. The zero-order valence-corrected chi connectivity index (χ0v) is 13.5. The molecule has 1 aliphatic heterocycles. The lowest BCUT2D eigenvalue weighted by atomic mass is 9.61. The number of piperidine rings is 1. The van der Waals surface area contributed by atoms with Crippen molar-refractivity contribution in [1.29, 1.82) is 0 Å². The van der Waals surface area contributed by atoms with Crippen LogP contribution in [0.15, 0.2) is 24.3 Å². The maximum absolute atomic E-state index is 13.1. The average Bonchev–Trinajstić information content (AvgIpc) is 2.96. The van der Waals surface area contributed by atoms with E-state index in [2.05, 4.69) is 4.90 Å². The minimum atomic E-state index is -4.35. The van der Waals surface area contributed by atoms with E-state index in [9.17, 15) is 18.3 Å². The van der Waals surface area contributed by atoms with Crippen LogP contribution >= 0.6 is 0 Å². The van der Waals surface area contributed by atoms with Crippen molar-refractivity contribution in [2.24, 2.45) is 0 Å². The summed E-state index contributed by atoms with van der Waals surface area (Å²) in [5.74, 6) is 0. The molecular weight excluding hydrogens is 303 g/mol. The van der Waals surface area contributed by atoms with Gasteiger partial charge in [-0.3, -0.25) is 0 Å². The second-order valence-electron chi connectivity index (χ2n) is 7.20. The number of hydrogen-bond acceptors (Lipinski definition) is 2. The van der Waals surface area contributed by atoms with Gasteiger partial charge in [0.25, 0.3) is 0 Å². The molecule has 0 amide bonds. The van der Waals surface area contributed by atoms with Crippen LogP contribution in [-0.4, -0.2) is 35.7 Å². The third-order valence-corrected chi connectivity index (χ3v) is 5.90. The van der Waals surface area contributed by atoms with Gasteiger partial charge in [-0.05, 0) is 57.5 Å². The lowest BCUT2D eigenvalue weighted by Crippen LogP contribution is -2.55. The molecule has 1 saturated heterocycles. The Morgan fingerprint density at radius 1 is 1.04 bits per heavy atom. The fourth-order valence-corrected chi connectivity index (χ4v) is 4.45. The van der Waals surface area contributed by atoms with Crippen LogP contribution in [0.2, 0.25) is 0 Å². The predicted molar refractivity (Wildman–Crippen MR) is 83.3 cm³/mol. The normalized spacial score (nSPS) is 24.7. The van der Waals surface area contributed by atoms with Crippen molar-refractivity contribution >= 4 is 0 Å². The van der Waals surface area contributed by atoms with Crippen molar-refractivity contribution in [2.75, 3.05) is 20.1 Å². The highest BCUT2D eigenvalue weighted by molar-refractivity contribution is 5.36. The highest BCUT2D eigenvalue weighted by Gasteiger charge is 2.53. The van der Waals surface area contributed by atoms with Crippen LogP contribution in [0.5, 0.6) is 0 Å². The monoisotopic (exact) mass is 327 g/mol. The summed E-state index contributed by atoms with van der Waals surface area (Å²) in [5, 5.41) is 11.3. The van der Waals surface area contributed by atoms with Gasteiger partial charge in [-0.1, -0.05) is 31.0 Å². The molecule has 1 heterocycles. The molecule has 5 heteroatoms. The van der Waals surface area contributed by atoms with Gasteiger partial charge in [0.05, 0.1) is 11.2 Å². The summed E-state index contributed by atoms with van der Waals surface area (Å²) in [4.78, 5) is 2.18. The lowest BCUT2D eigenvalue weighted by Gasteiger charge is -2.50. The quantitative estimate of drug-likeness (QED) is 0.888. The Balaban J connectivity index is 2.06. The summed E-state index contributed by atoms with van der Waals surface area (Å²) >= 11 is 0. The van der Waals surface area contributed by atoms with Gasteiger partial charge in [-0.25, -0.2) is 0 Å². The first-order valence-corrected chi connectivity index (χ1v) is 8.36. The average molecular weight is 327 g/mol. The number of likely N-dealkylation sites (tertiary alicyclic amines) is 1. The largest absolute Gasteiger partial charge is 0.416 e. The minimum absolute atomic E-state index is 0.558. The summed E-state index contributed by atoms with van der Waals surface area (Å²) in [6, 6.07) is 5.64. The topological polar surface area (TPSA) is 23.5 Å². The Labute approximate surface area is 135 Å². The molecule has 2 aliphatic rings. The van der Waals surface area contributed by atoms with Crippen molar-refractivity contribution in [1.82, 2.24) is 4.90 Å². The molecule has 2 nitrogen and oxygen atoms in total. The van der Waals surface area contributed by atoms with Gasteiger partial charge in [0.2, 0.25) is 0 Å². The van der Waals surface area contributed by atoms with E-state index in [0.717, 1.165) is 32.0 Å². The third-order valence-electron chi connectivity index (χ3n) is 5.90. The predicted octanol–water partition coefficient (Wildman–Crippen LogP) is 3.97. The summed E-state index contributed by atoms with van der Waals surface area (Å²) in [6.07, 6.45) is 0.351. The van der Waals surface area contributed by atoms with Crippen molar-refractivity contribution < 1.29 is 18.3 Å². The zero-order chi connectivity index (χ0) is 16.7.